The van der Waals surface area contributed by atoms with Crippen LogP contribution in [0.4, 0.5) is 0 Å². The first kappa shape index (κ1) is 22.6. The Labute approximate surface area is 206 Å². The summed E-state index contributed by atoms with van der Waals surface area (Å²) in [5.41, 5.74) is 7.98. The number of rotatable bonds is 6. The summed E-state index contributed by atoms with van der Waals surface area (Å²) in [6.07, 6.45) is 4.42. The Morgan fingerprint density at radius 3 is 2.53 bits per heavy atom. The molecule has 0 aromatic heterocycles. The Morgan fingerprint density at radius 2 is 1.85 bits per heavy atom. The van der Waals surface area contributed by atoms with Gasteiger partial charge in [0.1, 0.15) is 6.17 Å². The van der Waals surface area contributed by atoms with E-state index >= 15 is 0 Å². The predicted octanol–water partition coefficient (Wildman–Crippen LogP) is 4.51. The van der Waals surface area contributed by atoms with Crippen molar-refractivity contribution in [3.63, 3.8) is 0 Å². The predicted molar refractivity (Wildman–Crippen MR) is 133 cm³/mol. The summed E-state index contributed by atoms with van der Waals surface area (Å²) in [6, 6.07) is 16.1. The molecule has 2 N–H and O–H groups in total. The van der Waals surface area contributed by atoms with E-state index in [1.807, 2.05) is 42.5 Å². The molecule has 0 radical (unpaired) electrons. The van der Waals surface area contributed by atoms with Crippen LogP contribution < -0.4 is 20.2 Å². The largest absolute Gasteiger partial charge is 0.493 e. The van der Waals surface area contributed by atoms with E-state index in [1.54, 1.807) is 20.3 Å². The fraction of sp³-hybridized carbons (Fsp3) is 0.280. The maximum atomic E-state index is 11.3. The van der Waals surface area contributed by atoms with Crippen molar-refractivity contribution in [3.05, 3.63) is 97.7 Å². The van der Waals surface area contributed by atoms with Gasteiger partial charge in [0.15, 0.2) is 11.5 Å². The molecule has 176 valence electrons. The van der Waals surface area contributed by atoms with Gasteiger partial charge in [-0.2, -0.15) is 5.01 Å². The van der Waals surface area contributed by atoms with Crippen LogP contribution in [0.15, 0.2) is 76.4 Å². The molecule has 0 saturated carbocycles. The number of nitrogens with one attached hydrogen (secondary N) is 2. The molecular weight excluding hydrogens is 500 g/mol. The molecule has 0 amide bonds. The minimum absolute atomic E-state index is 0.0228. The van der Waals surface area contributed by atoms with Crippen LogP contribution in [-0.4, -0.2) is 36.4 Å². The quantitative estimate of drug-likeness (QED) is 0.424. The van der Waals surface area contributed by atoms with Gasteiger partial charge >= 0.3 is 0 Å². The first-order chi connectivity index (χ1) is 16.5. The van der Waals surface area contributed by atoms with Crippen LogP contribution in [0.5, 0.6) is 11.5 Å². The van der Waals surface area contributed by atoms with Gasteiger partial charge in [0.05, 0.1) is 41.8 Å². The van der Waals surface area contributed by atoms with E-state index in [-0.39, 0.29) is 28.9 Å². The van der Waals surface area contributed by atoms with E-state index in [9.17, 15) is 10.1 Å². The molecule has 1 fully saturated rings. The number of fused-ring (bicyclic) bond motifs is 1. The van der Waals surface area contributed by atoms with E-state index < -0.39 is 0 Å². The first-order valence-electron chi connectivity index (χ1n) is 11.0. The number of hydrogen-bond acceptors (Lipinski definition) is 7. The monoisotopic (exact) mass is 524 g/mol. The second-order valence-electron chi connectivity index (χ2n) is 8.43. The highest BCUT2D eigenvalue weighted by molar-refractivity contribution is 9.11. The summed E-state index contributed by atoms with van der Waals surface area (Å²) in [5.74, 6) is 1.34. The standard InChI is InChI=1S/C25H25BrN4O4/c1-33-21-11-9-17(13-22(21)34-2)20-14-19(16-8-10-18(12-16)30(31)32)27-25-23(26)24(28-29(20)25)15-6-4-3-5-7-15/h3-11,13,19-20,25,27-28H,12,14H2,1-2H3. The van der Waals surface area contributed by atoms with Crippen molar-refractivity contribution < 1.29 is 14.4 Å². The second kappa shape index (κ2) is 9.25. The average molecular weight is 525 g/mol. The zero-order valence-corrected chi connectivity index (χ0v) is 20.4. The number of ether oxygens (including phenoxy) is 2. The average Bonchev–Trinajstić information content (AvgIpc) is 3.49. The molecule has 3 atom stereocenters. The van der Waals surface area contributed by atoms with Crippen molar-refractivity contribution in [2.75, 3.05) is 14.2 Å². The van der Waals surface area contributed by atoms with Crippen LogP contribution in [0.25, 0.3) is 5.70 Å². The van der Waals surface area contributed by atoms with E-state index in [0.717, 1.165) is 33.3 Å². The molecule has 8 nitrogen and oxygen atoms in total. The highest BCUT2D eigenvalue weighted by Crippen LogP contribution is 2.44. The van der Waals surface area contributed by atoms with Crippen LogP contribution in [-0.2, 0) is 0 Å². The van der Waals surface area contributed by atoms with Crippen LogP contribution >= 0.6 is 15.9 Å². The Morgan fingerprint density at radius 1 is 1.09 bits per heavy atom. The van der Waals surface area contributed by atoms with Gasteiger partial charge < -0.3 is 14.9 Å². The van der Waals surface area contributed by atoms with Gasteiger partial charge in [0.25, 0.3) is 0 Å². The second-order valence-corrected chi connectivity index (χ2v) is 9.28. The number of hydrogen-bond donors (Lipinski definition) is 2. The number of hydrazine groups is 1. The molecule has 5 rings (SSSR count). The molecule has 34 heavy (non-hydrogen) atoms. The van der Waals surface area contributed by atoms with Crippen molar-refractivity contribution in [1.29, 1.82) is 0 Å². The summed E-state index contributed by atoms with van der Waals surface area (Å²) in [7, 11) is 3.25. The third kappa shape index (κ3) is 4.00. The molecule has 2 aliphatic heterocycles. The molecular formula is C25H25BrN4O4. The highest BCUT2D eigenvalue weighted by atomic mass is 79.9. The number of allylic oxidation sites excluding steroid dienone is 3. The first-order valence-corrected chi connectivity index (χ1v) is 11.8. The van der Waals surface area contributed by atoms with Crippen molar-refractivity contribution in [2.24, 2.45) is 0 Å². The molecule has 0 bridgehead atoms. The molecule has 2 heterocycles. The summed E-state index contributed by atoms with van der Waals surface area (Å²) in [6.45, 7) is 0. The maximum absolute atomic E-state index is 11.3. The van der Waals surface area contributed by atoms with Crippen molar-refractivity contribution >= 4 is 21.6 Å². The van der Waals surface area contributed by atoms with Gasteiger partial charge in [-0.05, 0) is 35.3 Å². The van der Waals surface area contributed by atoms with E-state index in [0.29, 0.717) is 17.9 Å². The van der Waals surface area contributed by atoms with Gasteiger partial charge in [-0.1, -0.05) is 58.4 Å². The summed E-state index contributed by atoms with van der Waals surface area (Å²) >= 11 is 3.83. The fourth-order valence-electron chi connectivity index (χ4n) is 4.83. The van der Waals surface area contributed by atoms with Gasteiger partial charge in [0.2, 0.25) is 5.70 Å². The van der Waals surface area contributed by atoms with E-state index in [1.165, 1.54) is 0 Å². The smallest absolute Gasteiger partial charge is 0.250 e. The molecule has 9 heteroatoms. The Kier molecular flexibility index (Phi) is 6.16. The molecule has 1 saturated heterocycles. The minimum atomic E-state index is -0.301. The summed E-state index contributed by atoms with van der Waals surface area (Å²) < 4.78 is 12.0. The SMILES string of the molecule is COc1ccc(C2CC(C3=CC=C([N+](=O)[O-])C3)NC3C(Br)=C(c4ccccc4)NN32)cc1OC. The molecule has 0 spiro atoms. The minimum Gasteiger partial charge on any atom is -0.493 e. The van der Waals surface area contributed by atoms with Crippen LogP contribution in [0.2, 0.25) is 0 Å². The maximum Gasteiger partial charge on any atom is 0.250 e. The normalized spacial score (nSPS) is 24.3. The van der Waals surface area contributed by atoms with Gasteiger partial charge in [-0.25, -0.2) is 0 Å². The number of nitrogens with zero attached hydrogens (tertiary/aromatic N) is 2. The number of halogens is 1. The number of methoxy groups -OCH3 is 2. The fourth-order valence-corrected chi connectivity index (χ4v) is 5.50. The Bertz CT molecular complexity index is 1210. The molecule has 3 aliphatic rings. The Balaban J connectivity index is 1.51. The Hall–Kier alpha value is -3.14. The lowest BCUT2D eigenvalue weighted by atomic mass is 9.90. The van der Waals surface area contributed by atoms with Gasteiger partial charge in [0, 0.05) is 12.1 Å². The molecule has 1 aliphatic carbocycles. The zero-order valence-electron chi connectivity index (χ0n) is 18.8. The highest BCUT2D eigenvalue weighted by Gasteiger charge is 2.44. The molecule has 3 unspecified atom stereocenters. The van der Waals surface area contributed by atoms with Crippen LogP contribution in [0.1, 0.15) is 30.0 Å². The van der Waals surface area contributed by atoms with Gasteiger partial charge in [-0.3, -0.25) is 15.4 Å². The third-order valence-corrected chi connectivity index (χ3v) is 7.39. The van der Waals surface area contributed by atoms with Crippen LogP contribution in [0, 0.1) is 10.1 Å². The lowest BCUT2D eigenvalue weighted by Gasteiger charge is -2.43. The van der Waals surface area contributed by atoms with Crippen LogP contribution in [0.3, 0.4) is 0 Å². The van der Waals surface area contributed by atoms with E-state index in [4.69, 9.17) is 9.47 Å². The van der Waals surface area contributed by atoms with E-state index in [2.05, 4.69) is 43.8 Å². The van der Waals surface area contributed by atoms with Crippen molar-refractivity contribution in [1.82, 2.24) is 15.8 Å². The zero-order chi connectivity index (χ0) is 23.8. The number of benzene rings is 2. The number of nitro groups is 1. The molecule has 2 aromatic carbocycles. The van der Waals surface area contributed by atoms with Gasteiger partial charge in [-0.15, -0.1) is 0 Å². The lowest BCUT2D eigenvalue weighted by Crippen LogP contribution is -2.58. The third-order valence-electron chi connectivity index (χ3n) is 6.56. The summed E-state index contributed by atoms with van der Waals surface area (Å²) in [4.78, 5) is 11.0. The lowest BCUT2D eigenvalue weighted by molar-refractivity contribution is -0.426. The summed E-state index contributed by atoms with van der Waals surface area (Å²) in [5, 5.41) is 17.2. The topological polar surface area (TPSA) is 88.9 Å². The molecule has 2 aromatic rings. The van der Waals surface area contributed by atoms with Crippen molar-refractivity contribution in [3.8, 4) is 11.5 Å². The van der Waals surface area contributed by atoms with Crippen molar-refractivity contribution in [2.45, 2.75) is 31.1 Å².